The Morgan fingerprint density at radius 2 is 2.05 bits per heavy atom. The van der Waals surface area contributed by atoms with E-state index < -0.39 is 23.7 Å². The van der Waals surface area contributed by atoms with Gasteiger partial charge in [-0.25, -0.2) is 4.39 Å². The average molecular weight is 320 g/mol. The molecular formula is C13H19ClFN3O3. The fraction of sp³-hybridized carbons (Fsp3) is 0.385. The number of hydrogen-bond donors (Lipinski definition) is 3. The number of carbonyl (C=O) groups is 2. The fourth-order valence-electron chi connectivity index (χ4n) is 1.73. The molecule has 1 aromatic rings. The molecule has 1 aromatic carbocycles. The molecule has 0 heterocycles. The maximum absolute atomic E-state index is 13.8. The Labute approximate surface area is 128 Å². The molecule has 0 saturated carbocycles. The smallest absolute Gasteiger partial charge is 0.239 e. The van der Waals surface area contributed by atoms with Crippen LogP contribution >= 0.6 is 12.4 Å². The van der Waals surface area contributed by atoms with Crippen molar-refractivity contribution in [2.45, 2.75) is 13.0 Å². The zero-order valence-corrected chi connectivity index (χ0v) is 12.6. The number of methoxy groups -OCH3 is 1. The van der Waals surface area contributed by atoms with Gasteiger partial charge in [0.25, 0.3) is 0 Å². The number of benzene rings is 1. The van der Waals surface area contributed by atoms with Crippen molar-refractivity contribution in [1.29, 1.82) is 0 Å². The van der Waals surface area contributed by atoms with E-state index in [2.05, 4.69) is 10.6 Å². The van der Waals surface area contributed by atoms with Crippen molar-refractivity contribution < 1.29 is 18.7 Å². The quantitative estimate of drug-likeness (QED) is 0.712. The molecule has 0 aliphatic rings. The summed E-state index contributed by atoms with van der Waals surface area (Å²) in [5, 5.41) is 4.91. The van der Waals surface area contributed by atoms with E-state index in [-0.39, 0.29) is 31.1 Å². The van der Waals surface area contributed by atoms with Crippen LogP contribution in [-0.4, -0.2) is 32.0 Å². The van der Waals surface area contributed by atoms with Gasteiger partial charge in [0.15, 0.2) is 0 Å². The first kappa shape index (κ1) is 19.1. The van der Waals surface area contributed by atoms with Gasteiger partial charge >= 0.3 is 0 Å². The lowest BCUT2D eigenvalue weighted by Gasteiger charge is -2.18. The van der Waals surface area contributed by atoms with Crippen LogP contribution in [0.2, 0.25) is 0 Å². The highest BCUT2D eigenvalue weighted by atomic mass is 35.5. The molecule has 1 atom stereocenters. The fourth-order valence-corrected chi connectivity index (χ4v) is 1.73. The van der Waals surface area contributed by atoms with Gasteiger partial charge in [-0.3, -0.25) is 9.59 Å². The van der Waals surface area contributed by atoms with E-state index in [9.17, 15) is 14.0 Å². The summed E-state index contributed by atoms with van der Waals surface area (Å²) in [5.74, 6) is -0.993. The number of nitrogens with two attached hydrogens (primary N) is 1. The maximum atomic E-state index is 13.8. The molecule has 0 aromatic heterocycles. The van der Waals surface area contributed by atoms with Crippen LogP contribution in [-0.2, 0) is 9.59 Å². The molecule has 2 amide bonds. The largest absolute Gasteiger partial charge is 0.496 e. The van der Waals surface area contributed by atoms with Crippen LogP contribution in [0.1, 0.15) is 18.5 Å². The SMILES string of the molecule is COc1cccc(F)c1C(C)NC(=O)CNC(=O)CN.Cl. The normalized spacial score (nSPS) is 11.0. The molecule has 0 spiro atoms. The topological polar surface area (TPSA) is 93.5 Å². The van der Waals surface area contributed by atoms with Gasteiger partial charge in [-0.15, -0.1) is 12.4 Å². The Hall–Kier alpha value is -1.86. The third kappa shape index (κ3) is 5.57. The van der Waals surface area contributed by atoms with Crippen molar-refractivity contribution in [3.8, 4) is 5.75 Å². The summed E-state index contributed by atoms with van der Waals surface area (Å²) in [7, 11) is 1.42. The standard InChI is InChI=1S/C13H18FN3O3.ClH/c1-8(17-12(19)7-16-11(18)6-15)13-9(14)4-3-5-10(13)20-2;/h3-5,8H,6-7,15H2,1-2H3,(H,16,18)(H,17,19);1H. The molecule has 1 unspecified atom stereocenters. The van der Waals surface area contributed by atoms with E-state index in [1.807, 2.05) is 0 Å². The number of ether oxygens (including phenoxy) is 1. The summed E-state index contributed by atoms with van der Waals surface area (Å²) in [6.45, 7) is 1.23. The van der Waals surface area contributed by atoms with E-state index in [1.165, 1.54) is 19.2 Å². The van der Waals surface area contributed by atoms with Crippen molar-refractivity contribution in [3.63, 3.8) is 0 Å². The summed E-state index contributed by atoms with van der Waals surface area (Å²) in [4.78, 5) is 22.6. The molecule has 0 saturated heterocycles. The maximum Gasteiger partial charge on any atom is 0.239 e. The van der Waals surface area contributed by atoms with Gasteiger partial charge in [0, 0.05) is 0 Å². The Balaban J connectivity index is 0.00000400. The van der Waals surface area contributed by atoms with Crippen LogP contribution in [0.25, 0.3) is 0 Å². The lowest BCUT2D eigenvalue weighted by atomic mass is 10.1. The van der Waals surface area contributed by atoms with Crippen LogP contribution in [0.15, 0.2) is 18.2 Å². The minimum absolute atomic E-state index is 0. The first-order chi connectivity index (χ1) is 9.49. The summed E-state index contributed by atoms with van der Waals surface area (Å²) < 4.78 is 18.9. The Kier molecular flexibility index (Phi) is 8.34. The van der Waals surface area contributed by atoms with Crippen LogP contribution in [0.4, 0.5) is 4.39 Å². The summed E-state index contributed by atoms with van der Waals surface area (Å²) in [6.07, 6.45) is 0. The summed E-state index contributed by atoms with van der Waals surface area (Å²) in [5.41, 5.74) is 5.36. The van der Waals surface area contributed by atoms with Gasteiger partial charge in [0.2, 0.25) is 11.8 Å². The molecule has 0 bridgehead atoms. The van der Waals surface area contributed by atoms with Gasteiger partial charge in [0.05, 0.1) is 31.8 Å². The summed E-state index contributed by atoms with van der Waals surface area (Å²) in [6, 6.07) is 3.83. The first-order valence-electron chi connectivity index (χ1n) is 6.08. The van der Waals surface area contributed by atoms with Crippen LogP contribution in [0.3, 0.4) is 0 Å². The van der Waals surface area contributed by atoms with E-state index in [0.29, 0.717) is 5.75 Å². The van der Waals surface area contributed by atoms with Crippen molar-refractivity contribution in [2.24, 2.45) is 5.73 Å². The molecule has 0 radical (unpaired) electrons. The minimum atomic E-state index is -0.589. The molecule has 6 nitrogen and oxygen atoms in total. The van der Waals surface area contributed by atoms with Crippen LogP contribution in [0.5, 0.6) is 5.75 Å². The molecule has 4 N–H and O–H groups in total. The van der Waals surface area contributed by atoms with E-state index in [1.54, 1.807) is 13.0 Å². The number of carbonyl (C=O) groups excluding carboxylic acids is 2. The van der Waals surface area contributed by atoms with Gasteiger partial charge in [-0.2, -0.15) is 0 Å². The number of rotatable bonds is 6. The van der Waals surface area contributed by atoms with Gasteiger partial charge in [-0.05, 0) is 19.1 Å². The highest BCUT2D eigenvalue weighted by Crippen LogP contribution is 2.27. The van der Waals surface area contributed by atoms with E-state index in [4.69, 9.17) is 10.5 Å². The molecule has 0 fully saturated rings. The van der Waals surface area contributed by atoms with Crippen molar-refractivity contribution in [3.05, 3.63) is 29.6 Å². The molecule has 1 rings (SSSR count). The lowest BCUT2D eigenvalue weighted by Crippen LogP contribution is -2.40. The summed E-state index contributed by atoms with van der Waals surface area (Å²) >= 11 is 0. The van der Waals surface area contributed by atoms with E-state index >= 15 is 0 Å². The predicted molar refractivity (Wildman–Crippen MR) is 78.8 cm³/mol. The number of halogens is 2. The molecule has 21 heavy (non-hydrogen) atoms. The van der Waals surface area contributed by atoms with Gasteiger partial charge in [-0.1, -0.05) is 6.07 Å². The first-order valence-corrected chi connectivity index (χ1v) is 6.08. The minimum Gasteiger partial charge on any atom is -0.496 e. The zero-order chi connectivity index (χ0) is 15.1. The Morgan fingerprint density at radius 3 is 2.62 bits per heavy atom. The molecular weight excluding hydrogens is 301 g/mol. The molecule has 118 valence electrons. The van der Waals surface area contributed by atoms with Crippen molar-refractivity contribution in [2.75, 3.05) is 20.2 Å². The highest BCUT2D eigenvalue weighted by molar-refractivity contribution is 5.86. The lowest BCUT2D eigenvalue weighted by molar-refractivity contribution is -0.125. The number of amides is 2. The Morgan fingerprint density at radius 1 is 1.38 bits per heavy atom. The van der Waals surface area contributed by atoms with Crippen molar-refractivity contribution in [1.82, 2.24) is 10.6 Å². The monoisotopic (exact) mass is 319 g/mol. The zero-order valence-electron chi connectivity index (χ0n) is 11.8. The average Bonchev–Trinajstić information content (AvgIpc) is 2.43. The predicted octanol–water partition coefficient (Wildman–Crippen LogP) is 0.508. The second-order valence-electron chi connectivity index (χ2n) is 4.13. The molecule has 0 aliphatic heterocycles. The Bertz CT molecular complexity index is 500. The third-order valence-corrected chi connectivity index (χ3v) is 2.67. The van der Waals surface area contributed by atoms with Crippen molar-refractivity contribution >= 4 is 24.2 Å². The van der Waals surface area contributed by atoms with Crippen LogP contribution in [0, 0.1) is 5.82 Å². The molecule has 0 aliphatic carbocycles. The van der Waals surface area contributed by atoms with Gasteiger partial charge < -0.3 is 21.1 Å². The highest BCUT2D eigenvalue weighted by Gasteiger charge is 2.18. The second kappa shape index (κ2) is 9.15. The number of hydrogen-bond acceptors (Lipinski definition) is 4. The van der Waals surface area contributed by atoms with E-state index in [0.717, 1.165) is 0 Å². The number of nitrogens with one attached hydrogen (secondary N) is 2. The van der Waals surface area contributed by atoms with Crippen LogP contribution < -0.4 is 21.1 Å². The van der Waals surface area contributed by atoms with Gasteiger partial charge in [0.1, 0.15) is 11.6 Å². The third-order valence-electron chi connectivity index (χ3n) is 2.67. The molecule has 8 heteroatoms. The second-order valence-corrected chi connectivity index (χ2v) is 4.13.